The number of hydrogen-bond acceptors (Lipinski definition) is 2. The van der Waals surface area contributed by atoms with E-state index in [2.05, 4.69) is 35.8 Å². The fraction of sp³-hybridized carbons (Fsp3) is 0.417. The second-order valence-corrected chi connectivity index (χ2v) is 8.53. The Morgan fingerprint density at radius 1 is 1.10 bits per heavy atom. The van der Waals surface area contributed by atoms with Crippen molar-refractivity contribution >= 4 is 5.91 Å². The van der Waals surface area contributed by atoms with E-state index >= 15 is 0 Å². The maximum absolute atomic E-state index is 12.9. The first-order chi connectivity index (χ1) is 14.2. The highest BCUT2D eigenvalue weighted by Crippen LogP contribution is 2.32. The largest absolute Gasteiger partial charge is 0.332 e. The van der Waals surface area contributed by atoms with Crippen LogP contribution in [-0.2, 0) is 17.9 Å². The molecule has 5 heteroatoms. The molecule has 1 aliphatic heterocycles. The Labute approximate surface area is 171 Å². The van der Waals surface area contributed by atoms with Gasteiger partial charge in [-0.05, 0) is 49.1 Å². The Bertz CT molecular complexity index is 1010. The van der Waals surface area contributed by atoms with Crippen molar-refractivity contribution in [2.75, 3.05) is 0 Å². The average molecular weight is 389 g/mol. The third kappa shape index (κ3) is 3.50. The summed E-state index contributed by atoms with van der Waals surface area (Å²) >= 11 is 0. The van der Waals surface area contributed by atoms with Crippen LogP contribution in [0.5, 0.6) is 0 Å². The minimum Gasteiger partial charge on any atom is -0.332 e. The van der Waals surface area contributed by atoms with Crippen molar-refractivity contribution < 1.29 is 4.79 Å². The number of nitrogens with zero attached hydrogens (tertiary/aromatic N) is 4. The Kier molecular flexibility index (Phi) is 4.74. The molecule has 1 aromatic carbocycles. The monoisotopic (exact) mass is 388 g/mol. The van der Waals surface area contributed by atoms with E-state index in [1.54, 1.807) is 0 Å². The lowest BCUT2D eigenvalue weighted by atomic mass is 10.0. The average Bonchev–Trinajstić information content (AvgIpc) is 3.50. The minimum absolute atomic E-state index is 0.274. The summed E-state index contributed by atoms with van der Waals surface area (Å²) in [5.74, 6) is 2.07. The zero-order chi connectivity index (χ0) is 19.8. The molecular weight excluding hydrogens is 360 g/mol. The Hall–Kier alpha value is -2.82. The van der Waals surface area contributed by atoms with Gasteiger partial charge in [-0.2, -0.15) is 5.10 Å². The SMILES string of the molecule is Cc1cccc(-n2nc3c(c2-n2cccc2)CN(C(=O)CCC2CCCC2)C3)c1. The molecule has 0 bridgehead atoms. The number of rotatable bonds is 5. The van der Waals surface area contributed by atoms with Gasteiger partial charge in [0, 0.05) is 24.4 Å². The molecule has 1 amide bonds. The number of carbonyl (C=O) groups is 1. The summed E-state index contributed by atoms with van der Waals surface area (Å²) in [6.45, 7) is 3.37. The van der Waals surface area contributed by atoms with Gasteiger partial charge in [-0.1, -0.05) is 37.8 Å². The van der Waals surface area contributed by atoms with Gasteiger partial charge in [0.2, 0.25) is 5.91 Å². The lowest BCUT2D eigenvalue weighted by Crippen LogP contribution is -2.26. The van der Waals surface area contributed by atoms with Crippen molar-refractivity contribution in [3.05, 3.63) is 65.6 Å². The van der Waals surface area contributed by atoms with Crippen LogP contribution in [0.4, 0.5) is 0 Å². The van der Waals surface area contributed by atoms with E-state index in [0.29, 0.717) is 19.5 Å². The van der Waals surface area contributed by atoms with E-state index in [0.717, 1.165) is 35.1 Å². The van der Waals surface area contributed by atoms with Crippen molar-refractivity contribution in [3.63, 3.8) is 0 Å². The summed E-state index contributed by atoms with van der Waals surface area (Å²) in [6, 6.07) is 12.5. The zero-order valence-electron chi connectivity index (χ0n) is 17.1. The molecule has 0 atom stereocenters. The number of amides is 1. The molecule has 0 radical (unpaired) electrons. The third-order valence-electron chi connectivity index (χ3n) is 6.42. The van der Waals surface area contributed by atoms with Gasteiger partial charge in [0.05, 0.1) is 24.5 Å². The van der Waals surface area contributed by atoms with E-state index < -0.39 is 0 Å². The summed E-state index contributed by atoms with van der Waals surface area (Å²) < 4.78 is 4.14. The summed E-state index contributed by atoms with van der Waals surface area (Å²) in [7, 11) is 0. The quantitative estimate of drug-likeness (QED) is 0.631. The van der Waals surface area contributed by atoms with Crippen molar-refractivity contribution in [1.82, 2.24) is 19.2 Å². The fourth-order valence-corrected chi connectivity index (χ4v) is 4.84. The van der Waals surface area contributed by atoms with Crippen LogP contribution < -0.4 is 0 Å². The van der Waals surface area contributed by atoms with Crippen molar-refractivity contribution in [1.29, 1.82) is 0 Å². The van der Waals surface area contributed by atoms with Crippen LogP contribution >= 0.6 is 0 Å². The van der Waals surface area contributed by atoms with Crippen molar-refractivity contribution in [2.24, 2.45) is 5.92 Å². The van der Waals surface area contributed by atoms with Gasteiger partial charge in [0.1, 0.15) is 5.82 Å². The molecule has 2 aromatic heterocycles. The van der Waals surface area contributed by atoms with Gasteiger partial charge in [0.15, 0.2) is 0 Å². The van der Waals surface area contributed by atoms with Gasteiger partial charge in [-0.25, -0.2) is 4.68 Å². The topological polar surface area (TPSA) is 43.1 Å². The molecule has 5 rings (SSSR count). The predicted molar refractivity (Wildman–Crippen MR) is 113 cm³/mol. The first-order valence-corrected chi connectivity index (χ1v) is 10.8. The lowest BCUT2D eigenvalue weighted by molar-refractivity contribution is -0.132. The number of benzene rings is 1. The van der Waals surface area contributed by atoms with E-state index in [9.17, 15) is 4.79 Å². The van der Waals surface area contributed by atoms with Gasteiger partial charge in [-0.15, -0.1) is 0 Å². The zero-order valence-corrected chi connectivity index (χ0v) is 17.1. The van der Waals surface area contributed by atoms with E-state index in [-0.39, 0.29) is 5.91 Å². The molecule has 1 fully saturated rings. The van der Waals surface area contributed by atoms with Crippen molar-refractivity contribution in [3.8, 4) is 11.5 Å². The molecule has 150 valence electrons. The molecule has 0 unspecified atom stereocenters. The maximum atomic E-state index is 12.9. The van der Waals surface area contributed by atoms with E-state index in [4.69, 9.17) is 5.10 Å². The van der Waals surface area contributed by atoms with Crippen LogP contribution in [0.15, 0.2) is 48.8 Å². The Morgan fingerprint density at radius 2 is 1.90 bits per heavy atom. The van der Waals surface area contributed by atoms with Crippen LogP contribution in [0.3, 0.4) is 0 Å². The third-order valence-corrected chi connectivity index (χ3v) is 6.42. The summed E-state index contributed by atoms with van der Waals surface area (Å²) in [4.78, 5) is 14.8. The molecule has 3 heterocycles. The number of carbonyl (C=O) groups excluding carboxylic acids is 1. The molecule has 29 heavy (non-hydrogen) atoms. The van der Waals surface area contributed by atoms with Crippen LogP contribution in [0, 0.1) is 12.8 Å². The molecule has 3 aromatic rings. The van der Waals surface area contributed by atoms with Gasteiger partial charge in [0.25, 0.3) is 0 Å². The highest BCUT2D eigenvalue weighted by Gasteiger charge is 2.31. The van der Waals surface area contributed by atoms with Gasteiger partial charge < -0.3 is 9.47 Å². The molecule has 0 saturated heterocycles. The smallest absolute Gasteiger partial charge is 0.223 e. The number of aryl methyl sites for hydroxylation is 1. The Balaban J connectivity index is 1.41. The molecule has 5 nitrogen and oxygen atoms in total. The highest BCUT2D eigenvalue weighted by atomic mass is 16.2. The maximum Gasteiger partial charge on any atom is 0.223 e. The predicted octanol–water partition coefficient (Wildman–Crippen LogP) is 4.78. The standard InChI is InChI=1S/C24H28N4O/c1-18-7-6-10-20(15-18)28-24(26-13-4-5-14-26)21-16-27(17-22(21)25-28)23(29)12-11-19-8-2-3-9-19/h4-7,10,13-15,19H,2-3,8-9,11-12,16-17H2,1H3. The Morgan fingerprint density at radius 3 is 2.66 bits per heavy atom. The van der Waals surface area contributed by atoms with Gasteiger partial charge >= 0.3 is 0 Å². The summed E-state index contributed by atoms with van der Waals surface area (Å²) in [6.07, 6.45) is 11.1. The number of fused-ring (bicyclic) bond motifs is 1. The van der Waals surface area contributed by atoms with Crippen molar-refractivity contribution in [2.45, 2.75) is 58.5 Å². The summed E-state index contributed by atoms with van der Waals surface area (Å²) in [5, 5.41) is 4.93. The molecule has 2 aliphatic rings. The first kappa shape index (κ1) is 18.2. The normalized spacial score (nSPS) is 16.5. The van der Waals surface area contributed by atoms with Crippen LogP contribution in [0.1, 0.15) is 55.3 Å². The lowest BCUT2D eigenvalue weighted by Gasteiger charge is -2.18. The van der Waals surface area contributed by atoms with E-state index in [1.807, 2.05) is 34.1 Å². The van der Waals surface area contributed by atoms with Gasteiger partial charge in [-0.3, -0.25) is 4.79 Å². The summed E-state index contributed by atoms with van der Waals surface area (Å²) in [5.41, 5.74) is 4.45. The van der Waals surface area contributed by atoms with E-state index in [1.165, 1.54) is 31.2 Å². The fourth-order valence-electron chi connectivity index (χ4n) is 4.84. The number of aromatic nitrogens is 3. The highest BCUT2D eigenvalue weighted by molar-refractivity contribution is 5.77. The first-order valence-electron chi connectivity index (χ1n) is 10.8. The molecule has 0 N–H and O–H groups in total. The second kappa shape index (κ2) is 7.54. The minimum atomic E-state index is 0.274. The van der Waals surface area contributed by atoms with Crippen LogP contribution in [0.2, 0.25) is 0 Å². The second-order valence-electron chi connectivity index (χ2n) is 8.53. The van der Waals surface area contributed by atoms with Crippen LogP contribution in [-0.4, -0.2) is 25.2 Å². The number of hydrogen-bond donors (Lipinski definition) is 0. The molecule has 0 spiro atoms. The molecule has 1 aliphatic carbocycles. The van der Waals surface area contributed by atoms with Crippen LogP contribution in [0.25, 0.3) is 11.5 Å². The molecular formula is C24H28N4O. The molecule has 1 saturated carbocycles.